The van der Waals surface area contributed by atoms with Crippen LogP contribution in [0.4, 0.5) is 5.69 Å². The second-order valence-electron chi connectivity index (χ2n) is 4.91. The predicted molar refractivity (Wildman–Crippen MR) is 94.5 cm³/mol. The van der Waals surface area contributed by atoms with Gasteiger partial charge in [-0.1, -0.05) is 36.4 Å². The number of anilines is 1. The molecule has 0 aliphatic carbocycles. The fourth-order valence-corrected chi connectivity index (χ4v) is 2.85. The second kappa shape index (κ2) is 7.99. The van der Waals surface area contributed by atoms with Gasteiger partial charge >= 0.3 is 0 Å². The summed E-state index contributed by atoms with van der Waals surface area (Å²) in [6.45, 7) is 3.63. The van der Waals surface area contributed by atoms with E-state index in [1.807, 2.05) is 19.9 Å². The van der Waals surface area contributed by atoms with Crippen molar-refractivity contribution >= 4 is 35.0 Å². The van der Waals surface area contributed by atoms with Crippen molar-refractivity contribution in [3.63, 3.8) is 0 Å². The van der Waals surface area contributed by atoms with Gasteiger partial charge < -0.3 is 10.3 Å². The predicted octanol–water partition coefficient (Wildman–Crippen LogP) is 2.90. The smallest absolute Gasteiger partial charge is 0.269 e. The van der Waals surface area contributed by atoms with Crippen molar-refractivity contribution in [2.45, 2.75) is 25.4 Å². The summed E-state index contributed by atoms with van der Waals surface area (Å²) in [5, 5.41) is 12.6. The Hall–Kier alpha value is -2.30. The number of halogens is 1. The van der Waals surface area contributed by atoms with Crippen LogP contribution in [0.25, 0.3) is 0 Å². The van der Waals surface area contributed by atoms with E-state index in [0.717, 1.165) is 17.3 Å². The summed E-state index contributed by atoms with van der Waals surface area (Å²) in [5.41, 5.74) is 1.38. The van der Waals surface area contributed by atoms with E-state index in [4.69, 9.17) is 16.9 Å². The number of thioether (sulfide) groups is 1. The van der Waals surface area contributed by atoms with E-state index in [-0.39, 0.29) is 17.2 Å². The highest BCUT2D eigenvalue weighted by Gasteiger charge is 2.12. The molecule has 2 N–H and O–H groups in total. The molecule has 0 saturated heterocycles. The van der Waals surface area contributed by atoms with Crippen molar-refractivity contribution in [1.29, 1.82) is 5.26 Å². The zero-order valence-corrected chi connectivity index (χ0v) is 14.7. The van der Waals surface area contributed by atoms with E-state index in [0.29, 0.717) is 28.0 Å². The van der Waals surface area contributed by atoms with Crippen molar-refractivity contribution in [2.24, 2.45) is 0 Å². The first-order valence-electron chi connectivity index (χ1n) is 7.17. The van der Waals surface area contributed by atoms with Gasteiger partial charge in [-0.15, -0.1) is 0 Å². The summed E-state index contributed by atoms with van der Waals surface area (Å²) in [7, 11) is 0. The lowest BCUT2D eigenvalue weighted by Gasteiger charge is -2.09. The summed E-state index contributed by atoms with van der Waals surface area (Å²) in [4.78, 5) is 30.6. The molecule has 0 aliphatic heterocycles. The zero-order valence-electron chi connectivity index (χ0n) is 13.1. The quantitative estimate of drug-likeness (QED) is 0.629. The molecular formula is C16H15ClN4O2S. The molecule has 2 rings (SSSR count). The average molecular weight is 363 g/mol. The van der Waals surface area contributed by atoms with Crippen molar-refractivity contribution in [2.75, 3.05) is 11.1 Å². The molecule has 0 aliphatic rings. The summed E-state index contributed by atoms with van der Waals surface area (Å²) in [6.07, 6.45) is 0.467. The van der Waals surface area contributed by atoms with Crippen LogP contribution in [0.5, 0.6) is 0 Å². The Morgan fingerprint density at radius 1 is 1.50 bits per heavy atom. The van der Waals surface area contributed by atoms with E-state index < -0.39 is 5.56 Å². The van der Waals surface area contributed by atoms with Gasteiger partial charge in [0.1, 0.15) is 11.6 Å². The maximum Gasteiger partial charge on any atom is 0.269 e. The van der Waals surface area contributed by atoms with Gasteiger partial charge in [0.25, 0.3) is 5.56 Å². The Kier molecular flexibility index (Phi) is 6.01. The number of hydrogen-bond acceptors (Lipinski definition) is 5. The van der Waals surface area contributed by atoms with E-state index >= 15 is 0 Å². The third kappa shape index (κ3) is 4.16. The number of carbonyl (C=O) groups is 1. The van der Waals surface area contributed by atoms with Crippen molar-refractivity contribution < 1.29 is 4.79 Å². The summed E-state index contributed by atoms with van der Waals surface area (Å²) < 4.78 is 0. The van der Waals surface area contributed by atoms with Gasteiger partial charge in [0.05, 0.1) is 11.4 Å². The lowest BCUT2D eigenvalue weighted by Crippen LogP contribution is -2.18. The van der Waals surface area contributed by atoms with Gasteiger partial charge in [-0.25, -0.2) is 4.98 Å². The Balaban J connectivity index is 2.07. The van der Waals surface area contributed by atoms with E-state index in [1.165, 1.54) is 0 Å². The van der Waals surface area contributed by atoms with E-state index in [2.05, 4.69) is 15.3 Å². The highest BCUT2D eigenvalue weighted by molar-refractivity contribution is 7.99. The lowest BCUT2D eigenvalue weighted by atomic mass is 10.2. The number of aryl methyl sites for hydroxylation is 1. The fraction of sp³-hybridized carbons (Fsp3) is 0.250. The van der Waals surface area contributed by atoms with Crippen LogP contribution in [0.2, 0.25) is 5.02 Å². The van der Waals surface area contributed by atoms with Crippen LogP contribution in [0.15, 0.2) is 28.2 Å². The number of nitrogens with one attached hydrogen (secondary N) is 2. The van der Waals surface area contributed by atoms with Crippen LogP contribution in [-0.4, -0.2) is 21.6 Å². The number of hydrogen-bond donors (Lipinski definition) is 2. The van der Waals surface area contributed by atoms with Crippen molar-refractivity contribution in [3.8, 4) is 6.07 Å². The molecule has 0 bridgehead atoms. The molecular weight excluding hydrogens is 348 g/mol. The Morgan fingerprint density at radius 2 is 2.25 bits per heavy atom. The maximum absolute atomic E-state index is 12.1. The van der Waals surface area contributed by atoms with Crippen molar-refractivity contribution in [3.05, 3.63) is 50.4 Å². The minimum absolute atomic E-state index is 0.0147. The van der Waals surface area contributed by atoms with Gasteiger partial charge in [0, 0.05) is 10.7 Å². The lowest BCUT2D eigenvalue weighted by molar-refractivity contribution is -0.113. The second-order valence-corrected chi connectivity index (χ2v) is 6.28. The number of amides is 1. The number of H-pyrrole nitrogens is 1. The summed E-state index contributed by atoms with van der Waals surface area (Å²) >= 11 is 7.12. The minimum atomic E-state index is -0.488. The molecule has 1 amide bonds. The zero-order chi connectivity index (χ0) is 17.7. The molecule has 8 heteroatoms. The molecule has 0 spiro atoms. The van der Waals surface area contributed by atoms with Crippen LogP contribution in [-0.2, 0) is 11.2 Å². The number of aromatic nitrogens is 2. The van der Waals surface area contributed by atoms with Gasteiger partial charge in [0.15, 0.2) is 5.16 Å². The molecule has 1 aromatic carbocycles. The van der Waals surface area contributed by atoms with Crippen molar-refractivity contribution in [1.82, 2.24) is 9.97 Å². The first-order valence-corrected chi connectivity index (χ1v) is 8.53. The molecule has 0 saturated carbocycles. The largest absolute Gasteiger partial charge is 0.325 e. The molecule has 24 heavy (non-hydrogen) atoms. The van der Waals surface area contributed by atoms with Gasteiger partial charge in [-0.05, 0) is 31.0 Å². The molecule has 1 aromatic heterocycles. The Labute approximate surface area is 148 Å². The monoisotopic (exact) mass is 362 g/mol. The number of carbonyl (C=O) groups excluding carboxylic acids is 1. The molecule has 0 unspecified atom stereocenters. The van der Waals surface area contributed by atoms with E-state index in [9.17, 15) is 9.59 Å². The third-order valence-corrected chi connectivity index (χ3v) is 4.58. The topological polar surface area (TPSA) is 98.6 Å². The molecule has 1 heterocycles. The molecule has 124 valence electrons. The fourth-order valence-electron chi connectivity index (χ4n) is 2.00. The number of benzene rings is 1. The third-order valence-electron chi connectivity index (χ3n) is 3.30. The molecule has 0 fully saturated rings. The van der Waals surface area contributed by atoms with Crippen LogP contribution < -0.4 is 10.9 Å². The minimum Gasteiger partial charge on any atom is -0.325 e. The number of aromatic amines is 1. The SMILES string of the molecule is CCc1nc(SCC(=O)Nc2cccc(Cl)c2C)[nH]c(=O)c1C#N. The number of nitriles is 1. The van der Waals surface area contributed by atoms with Crippen LogP contribution in [0.3, 0.4) is 0 Å². The molecule has 6 nitrogen and oxygen atoms in total. The highest BCUT2D eigenvalue weighted by Crippen LogP contribution is 2.23. The standard InChI is InChI=1S/C16H15ClN4O2S/c1-3-12-10(7-18)15(23)21-16(20-12)24-8-14(22)19-13-6-4-5-11(17)9(13)2/h4-6H,3,8H2,1-2H3,(H,19,22)(H,20,21,23). The molecule has 2 aromatic rings. The highest BCUT2D eigenvalue weighted by atomic mass is 35.5. The summed E-state index contributed by atoms with van der Waals surface area (Å²) in [5.74, 6) is -0.167. The number of nitrogens with zero attached hydrogens (tertiary/aromatic N) is 2. The first-order chi connectivity index (χ1) is 11.5. The molecule has 0 atom stereocenters. The Morgan fingerprint density at radius 3 is 2.92 bits per heavy atom. The molecule has 0 radical (unpaired) electrons. The summed E-state index contributed by atoms with van der Waals surface area (Å²) in [6, 6.07) is 7.11. The van der Waals surface area contributed by atoms with E-state index in [1.54, 1.807) is 18.2 Å². The van der Waals surface area contributed by atoms with Gasteiger partial charge in [-0.3, -0.25) is 9.59 Å². The van der Waals surface area contributed by atoms with Crippen LogP contribution in [0, 0.1) is 18.3 Å². The van der Waals surface area contributed by atoms with Gasteiger partial charge in [-0.2, -0.15) is 5.26 Å². The average Bonchev–Trinajstić information content (AvgIpc) is 2.56. The van der Waals surface area contributed by atoms with Crippen LogP contribution >= 0.6 is 23.4 Å². The first kappa shape index (κ1) is 18.0. The Bertz CT molecular complexity index is 873. The normalized spacial score (nSPS) is 10.2. The van der Waals surface area contributed by atoms with Gasteiger partial charge in [0.2, 0.25) is 5.91 Å². The number of rotatable bonds is 5. The maximum atomic E-state index is 12.1. The van der Waals surface area contributed by atoms with Crippen LogP contribution in [0.1, 0.15) is 23.7 Å².